The van der Waals surface area contributed by atoms with Gasteiger partial charge in [0.25, 0.3) is 5.78 Å². The fourth-order valence-corrected chi connectivity index (χ4v) is 3.52. The molecule has 3 nitrogen and oxygen atoms in total. The van der Waals surface area contributed by atoms with Crippen molar-refractivity contribution in [3.8, 4) is 17.0 Å². The van der Waals surface area contributed by atoms with E-state index in [9.17, 15) is 26.7 Å². The lowest BCUT2D eigenvalue weighted by atomic mass is 9.85. The number of Topliss-reactive ketones (excluding diaryl/α,β-unsaturated/α-hetero) is 1. The molecule has 2 heterocycles. The molecule has 0 amide bonds. The summed E-state index contributed by atoms with van der Waals surface area (Å²) in [6.45, 7) is -0.948. The van der Waals surface area contributed by atoms with E-state index in [1.54, 1.807) is 0 Å². The topological polar surface area (TPSA) is 39.2 Å². The molecular weight excluding hydrogens is 472 g/mol. The van der Waals surface area contributed by atoms with Crippen LogP contribution in [-0.4, -0.2) is 34.7 Å². The highest BCUT2D eigenvalue weighted by molar-refractivity contribution is 14.1. The number of benzene rings is 1. The number of carbonyl (C=O) groups excluding carboxylic acids is 1. The summed E-state index contributed by atoms with van der Waals surface area (Å²) in [4.78, 5) is 15.5. The lowest BCUT2D eigenvalue weighted by Gasteiger charge is -2.21. The molecule has 26 heavy (non-hydrogen) atoms. The lowest BCUT2D eigenvalue weighted by Crippen LogP contribution is -2.33. The molecule has 1 aromatic heterocycles. The van der Waals surface area contributed by atoms with Gasteiger partial charge in [0, 0.05) is 15.6 Å². The van der Waals surface area contributed by atoms with Crippen LogP contribution in [0.4, 0.5) is 22.0 Å². The Hall–Kier alpha value is -1.78. The minimum Gasteiger partial charge on any atom is -0.490 e. The predicted molar refractivity (Wildman–Crippen MR) is 92.1 cm³/mol. The summed E-state index contributed by atoms with van der Waals surface area (Å²) in [6, 6.07) is 5.78. The zero-order valence-electron chi connectivity index (χ0n) is 13.0. The fourth-order valence-electron chi connectivity index (χ4n) is 2.68. The number of halogens is 6. The molecule has 1 aliphatic rings. The van der Waals surface area contributed by atoms with E-state index in [1.165, 1.54) is 12.1 Å². The van der Waals surface area contributed by atoms with Gasteiger partial charge in [0.15, 0.2) is 0 Å². The Kier molecular flexibility index (Phi) is 4.93. The van der Waals surface area contributed by atoms with Crippen molar-refractivity contribution in [2.45, 2.75) is 11.6 Å². The van der Waals surface area contributed by atoms with Gasteiger partial charge in [0.05, 0.1) is 5.41 Å². The van der Waals surface area contributed by atoms with Crippen LogP contribution in [0, 0.1) is 5.82 Å². The molecule has 0 spiro atoms. The maximum absolute atomic E-state index is 13.7. The molecule has 138 valence electrons. The number of nitrogens with zero attached hydrogens (tertiary/aromatic N) is 1. The maximum Gasteiger partial charge on any atom is 0.456 e. The van der Waals surface area contributed by atoms with Gasteiger partial charge < -0.3 is 4.74 Å². The largest absolute Gasteiger partial charge is 0.490 e. The number of ether oxygens (including phenoxy) is 1. The maximum atomic E-state index is 13.7. The first-order valence-electron chi connectivity index (χ1n) is 7.39. The molecule has 2 aromatic rings. The van der Waals surface area contributed by atoms with E-state index in [4.69, 9.17) is 4.74 Å². The average molecular weight is 483 g/mol. The summed E-state index contributed by atoms with van der Waals surface area (Å²) in [7, 11) is 0. The van der Waals surface area contributed by atoms with E-state index in [2.05, 4.69) is 4.98 Å². The second kappa shape index (κ2) is 6.75. The van der Waals surface area contributed by atoms with Crippen LogP contribution < -0.4 is 4.74 Å². The SMILES string of the molecule is O=C(c1cc2c(c(-c3ccc(F)cc3)n1)OCC2(CF)CI)C(F)(F)F. The van der Waals surface area contributed by atoms with E-state index in [0.717, 1.165) is 18.2 Å². The molecule has 0 aliphatic carbocycles. The molecule has 0 bridgehead atoms. The number of alkyl halides is 5. The van der Waals surface area contributed by atoms with Crippen LogP contribution in [0.2, 0.25) is 0 Å². The van der Waals surface area contributed by atoms with Crippen molar-refractivity contribution in [2.75, 3.05) is 17.7 Å². The number of ketones is 1. The van der Waals surface area contributed by atoms with Crippen LogP contribution in [0.15, 0.2) is 30.3 Å². The Labute approximate surface area is 158 Å². The van der Waals surface area contributed by atoms with Crippen molar-refractivity contribution in [3.05, 3.63) is 47.4 Å². The number of rotatable bonds is 4. The van der Waals surface area contributed by atoms with Crippen LogP contribution >= 0.6 is 22.6 Å². The highest BCUT2D eigenvalue weighted by Gasteiger charge is 2.46. The molecule has 3 rings (SSSR count). The minimum absolute atomic E-state index is 0.0460. The van der Waals surface area contributed by atoms with Crippen LogP contribution in [0.1, 0.15) is 16.1 Å². The van der Waals surface area contributed by atoms with Crippen LogP contribution in [0.25, 0.3) is 11.3 Å². The third-order valence-corrected chi connectivity index (χ3v) is 5.62. The summed E-state index contributed by atoms with van der Waals surface area (Å²) in [5.41, 5.74) is -1.62. The first-order chi connectivity index (χ1) is 12.2. The number of aromatic nitrogens is 1. The van der Waals surface area contributed by atoms with Gasteiger partial charge in [-0.05, 0) is 30.3 Å². The normalized spacial score (nSPS) is 19.2. The fraction of sp³-hybridized carbons (Fsp3) is 0.294. The zero-order valence-corrected chi connectivity index (χ0v) is 15.2. The van der Waals surface area contributed by atoms with Crippen molar-refractivity contribution in [1.82, 2.24) is 4.98 Å². The van der Waals surface area contributed by atoms with Gasteiger partial charge in [-0.3, -0.25) is 4.79 Å². The smallest absolute Gasteiger partial charge is 0.456 e. The Morgan fingerprint density at radius 1 is 1.27 bits per heavy atom. The van der Waals surface area contributed by atoms with E-state index in [1.807, 2.05) is 22.6 Å². The molecule has 9 heteroatoms. The quantitative estimate of drug-likeness (QED) is 0.275. The van der Waals surface area contributed by atoms with E-state index >= 15 is 0 Å². The average Bonchev–Trinajstić information content (AvgIpc) is 2.99. The molecule has 1 aromatic carbocycles. The first kappa shape index (κ1) is 19.0. The number of fused-ring (bicyclic) bond motifs is 1. The van der Waals surface area contributed by atoms with Crippen molar-refractivity contribution in [3.63, 3.8) is 0 Å². The monoisotopic (exact) mass is 483 g/mol. The van der Waals surface area contributed by atoms with Crippen LogP contribution in [0.5, 0.6) is 5.75 Å². The van der Waals surface area contributed by atoms with E-state index in [0.29, 0.717) is 0 Å². The standard InChI is InChI=1S/C17H11F5INO2/c18-6-16(7-23)8-26-14-11(16)5-12(15(25)17(20,21)22)24-13(14)9-1-3-10(19)4-2-9/h1-5H,6-8H2. The summed E-state index contributed by atoms with van der Waals surface area (Å²) in [6.07, 6.45) is -5.12. The highest BCUT2D eigenvalue weighted by atomic mass is 127. The van der Waals surface area contributed by atoms with Crippen molar-refractivity contribution in [2.24, 2.45) is 0 Å². The van der Waals surface area contributed by atoms with Gasteiger partial charge in [-0.25, -0.2) is 13.8 Å². The Morgan fingerprint density at radius 2 is 1.92 bits per heavy atom. The molecule has 1 aliphatic heterocycles. The molecule has 0 N–H and O–H groups in total. The van der Waals surface area contributed by atoms with Gasteiger partial charge in [-0.2, -0.15) is 13.2 Å². The molecule has 0 saturated carbocycles. The summed E-state index contributed by atoms with van der Waals surface area (Å²) in [5.74, 6) is -2.55. The second-order valence-corrected chi connectivity index (χ2v) is 6.67. The first-order valence-corrected chi connectivity index (χ1v) is 8.92. The zero-order chi connectivity index (χ0) is 19.1. The number of hydrogen-bond acceptors (Lipinski definition) is 3. The summed E-state index contributed by atoms with van der Waals surface area (Å²) >= 11 is 1.92. The Bertz CT molecular complexity index is 847. The molecule has 0 fully saturated rings. The lowest BCUT2D eigenvalue weighted by molar-refractivity contribution is -0.0888. The summed E-state index contributed by atoms with van der Waals surface area (Å²) in [5, 5.41) is 0. The Balaban J connectivity index is 2.26. The van der Waals surface area contributed by atoms with Crippen molar-refractivity contribution in [1.29, 1.82) is 0 Å². The van der Waals surface area contributed by atoms with Gasteiger partial charge in [-0.1, -0.05) is 22.6 Å². The third kappa shape index (κ3) is 3.17. The highest BCUT2D eigenvalue weighted by Crippen LogP contribution is 2.46. The molecule has 1 atom stereocenters. The second-order valence-electron chi connectivity index (χ2n) is 5.90. The molecule has 0 saturated heterocycles. The van der Waals surface area contributed by atoms with E-state index < -0.39 is 35.6 Å². The number of hydrogen-bond donors (Lipinski definition) is 0. The predicted octanol–water partition coefficient (Wildman–Crippen LogP) is 4.67. The third-order valence-electron chi connectivity index (χ3n) is 4.16. The van der Waals surface area contributed by atoms with Gasteiger partial charge in [0.2, 0.25) is 0 Å². The van der Waals surface area contributed by atoms with E-state index in [-0.39, 0.29) is 33.6 Å². The van der Waals surface area contributed by atoms with Crippen molar-refractivity contribution >= 4 is 28.4 Å². The van der Waals surface area contributed by atoms with Gasteiger partial charge in [-0.15, -0.1) is 0 Å². The number of carbonyl (C=O) groups is 1. The molecular formula is C17H11F5INO2. The van der Waals surface area contributed by atoms with Gasteiger partial charge >= 0.3 is 6.18 Å². The Morgan fingerprint density at radius 3 is 2.46 bits per heavy atom. The molecule has 1 unspecified atom stereocenters. The van der Waals surface area contributed by atoms with Gasteiger partial charge in [0.1, 0.15) is 36.2 Å². The van der Waals surface area contributed by atoms with Crippen LogP contribution in [0.3, 0.4) is 0 Å². The number of pyridine rings is 1. The minimum atomic E-state index is -5.12. The van der Waals surface area contributed by atoms with Crippen molar-refractivity contribution < 1.29 is 31.5 Å². The molecule has 0 radical (unpaired) electrons. The summed E-state index contributed by atoms with van der Waals surface area (Å²) < 4.78 is 71.3. The van der Waals surface area contributed by atoms with Crippen LogP contribution in [-0.2, 0) is 5.41 Å².